The molecule has 0 bridgehead atoms. The molecular weight excluding hydrogens is 204 g/mol. The highest BCUT2D eigenvalue weighted by Gasteiger charge is 2.13. The monoisotopic (exact) mass is 216 g/mol. The average molecular weight is 216 g/mol. The van der Waals surface area contributed by atoms with Crippen molar-refractivity contribution in [2.75, 3.05) is 0 Å². The molecule has 0 aliphatic heterocycles. The molecule has 0 amide bonds. The van der Waals surface area contributed by atoms with E-state index in [9.17, 15) is 4.79 Å². The first-order valence-corrected chi connectivity index (χ1v) is 4.92. The highest BCUT2D eigenvalue weighted by Crippen LogP contribution is 2.23. The number of aryl methyl sites for hydroxylation is 2. The van der Waals surface area contributed by atoms with Crippen LogP contribution in [0.3, 0.4) is 0 Å². The van der Waals surface area contributed by atoms with Gasteiger partial charge >= 0.3 is 5.97 Å². The molecule has 0 aliphatic rings. The number of carbonyl (C=O) groups is 1. The fraction of sp³-hybridized carbons (Fsp3) is 0.167. The Morgan fingerprint density at radius 3 is 2.69 bits per heavy atom. The van der Waals surface area contributed by atoms with Crippen LogP contribution in [0.15, 0.2) is 30.5 Å². The van der Waals surface area contributed by atoms with Gasteiger partial charge in [-0.05, 0) is 25.1 Å². The van der Waals surface area contributed by atoms with E-state index in [1.807, 2.05) is 13.0 Å². The summed E-state index contributed by atoms with van der Waals surface area (Å²) in [4.78, 5) is 11.1. The summed E-state index contributed by atoms with van der Waals surface area (Å²) < 4.78 is 1.66. The molecule has 4 nitrogen and oxygen atoms in total. The zero-order valence-electron chi connectivity index (χ0n) is 9.14. The lowest BCUT2D eigenvalue weighted by Gasteiger charge is -2.04. The van der Waals surface area contributed by atoms with Gasteiger partial charge in [0.15, 0.2) is 0 Å². The number of hydrogen-bond donors (Lipinski definition) is 1. The fourth-order valence-electron chi connectivity index (χ4n) is 1.62. The molecule has 2 rings (SSSR count). The van der Waals surface area contributed by atoms with Gasteiger partial charge in [0.2, 0.25) is 0 Å². The third-order valence-corrected chi connectivity index (χ3v) is 2.40. The number of aromatic nitrogens is 2. The van der Waals surface area contributed by atoms with E-state index in [0.29, 0.717) is 11.3 Å². The second-order valence-corrected chi connectivity index (χ2v) is 3.73. The second kappa shape index (κ2) is 3.81. The molecule has 0 fully saturated rings. The third kappa shape index (κ3) is 1.82. The van der Waals surface area contributed by atoms with Crippen LogP contribution in [-0.4, -0.2) is 20.9 Å². The van der Waals surface area contributed by atoms with Crippen molar-refractivity contribution in [2.24, 2.45) is 7.05 Å². The van der Waals surface area contributed by atoms with E-state index >= 15 is 0 Å². The van der Waals surface area contributed by atoms with Crippen molar-refractivity contribution in [3.05, 3.63) is 41.6 Å². The van der Waals surface area contributed by atoms with Gasteiger partial charge in [0.1, 0.15) is 0 Å². The van der Waals surface area contributed by atoms with Crippen LogP contribution in [0, 0.1) is 6.92 Å². The van der Waals surface area contributed by atoms with Gasteiger partial charge in [0.05, 0.1) is 11.3 Å². The van der Waals surface area contributed by atoms with E-state index < -0.39 is 5.97 Å². The number of aromatic carboxylic acids is 1. The van der Waals surface area contributed by atoms with E-state index in [4.69, 9.17) is 5.11 Å². The Morgan fingerprint density at radius 2 is 2.12 bits per heavy atom. The first-order chi connectivity index (χ1) is 7.58. The van der Waals surface area contributed by atoms with Crippen molar-refractivity contribution in [3.8, 4) is 11.3 Å². The Morgan fingerprint density at radius 1 is 1.38 bits per heavy atom. The fourth-order valence-corrected chi connectivity index (χ4v) is 1.62. The lowest BCUT2D eigenvalue weighted by molar-refractivity contribution is 0.0697. The average Bonchev–Trinajstić information content (AvgIpc) is 2.64. The van der Waals surface area contributed by atoms with Gasteiger partial charge in [-0.15, -0.1) is 0 Å². The number of rotatable bonds is 2. The predicted molar refractivity (Wildman–Crippen MR) is 60.3 cm³/mol. The van der Waals surface area contributed by atoms with Crippen molar-refractivity contribution in [3.63, 3.8) is 0 Å². The lowest BCUT2D eigenvalue weighted by atomic mass is 10.0. The van der Waals surface area contributed by atoms with E-state index in [1.54, 1.807) is 36.1 Å². The Bertz CT molecular complexity index is 544. The molecular formula is C12H12N2O2. The van der Waals surface area contributed by atoms with Gasteiger partial charge in [-0.3, -0.25) is 4.68 Å². The quantitative estimate of drug-likeness (QED) is 0.836. The molecule has 0 saturated carbocycles. The van der Waals surface area contributed by atoms with Crippen LogP contribution in [0.2, 0.25) is 0 Å². The molecule has 1 aromatic carbocycles. The van der Waals surface area contributed by atoms with Gasteiger partial charge < -0.3 is 5.11 Å². The van der Waals surface area contributed by atoms with Crippen LogP contribution in [0.5, 0.6) is 0 Å². The Labute approximate surface area is 93.1 Å². The number of nitrogens with zero attached hydrogens (tertiary/aromatic N) is 2. The van der Waals surface area contributed by atoms with E-state index in [0.717, 1.165) is 5.56 Å². The number of carboxylic acids is 1. The summed E-state index contributed by atoms with van der Waals surface area (Å²) in [6.45, 7) is 1.93. The molecule has 4 heteroatoms. The van der Waals surface area contributed by atoms with Gasteiger partial charge in [0, 0.05) is 18.8 Å². The van der Waals surface area contributed by atoms with Gasteiger partial charge in [-0.1, -0.05) is 11.6 Å². The van der Waals surface area contributed by atoms with Gasteiger partial charge in [0.25, 0.3) is 0 Å². The number of benzene rings is 1. The minimum atomic E-state index is -0.930. The molecule has 0 saturated heterocycles. The topological polar surface area (TPSA) is 55.1 Å². The molecule has 1 heterocycles. The summed E-state index contributed by atoms with van der Waals surface area (Å²) in [5.74, 6) is -0.930. The van der Waals surface area contributed by atoms with E-state index in [2.05, 4.69) is 5.10 Å². The second-order valence-electron chi connectivity index (χ2n) is 3.73. The van der Waals surface area contributed by atoms with E-state index in [-0.39, 0.29) is 5.56 Å². The van der Waals surface area contributed by atoms with Gasteiger partial charge in [-0.2, -0.15) is 5.10 Å². The molecule has 82 valence electrons. The zero-order chi connectivity index (χ0) is 11.7. The van der Waals surface area contributed by atoms with Crippen molar-refractivity contribution in [2.45, 2.75) is 6.92 Å². The molecule has 0 spiro atoms. The zero-order valence-corrected chi connectivity index (χ0v) is 9.14. The largest absolute Gasteiger partial charge is 0.478 e. The maximum absolute atomic E-state index is 11.1. The first-order valence-electron chi connectivity index (χ1n) is 4.92. The standard InChI is InChI=1S/C12H12N2O2/c1-8-3-4-9(12(15)16)10(7-8)11-5-6-14(2)13-11/h3-7H,1-2H3,(H,15,16). The van der Waals surface area contributed by atoms with Crippen LogP contribution in [0.4, 0.5) is 0 Å². The summed E-state index contributed by atoms with van der Waals surface area (Å²) in [6.07, 6.45) is 1.79. The molecule has 0 unspecified atom stereocenters. The number of carboxylic acid groups (broad SMARTS) is 1. The molecule has 0 atom stereocenters. The summed E-state index contributed by atoms with van der Waals surface area (Å²) in [7, 11) is 1.81. The normalized spacial score (nSPS) is 10.4. The molecule has 1 aromatic heterocycles. The summed E-state index contributed by atoms with van der Waals surface area (Å²) in [5, 5.41) is 13.3. The smallest absolute Gasteiger partial charge is 0.336 e. The molecule has 1 N–H and O–H groups in total. The Balaban J connectivity index is 2.62. The van der Waals surface area contributed by atoms with Crippen LogP contribution in [-0.2, 0) is 7.05 Å². The maximum Gasteiger partial charge on any atom is 0.336 e. The summed E-state index contributed by atoms with van der Waals surface area (Å²) >= 11 is 0. The van der Waals surface area contributed by atoms with Crippen LogP contribution >= 0.6 is 0 Å². The molecule has 0 aliphatic carbocycles. The maximum atomic E-state index is 11.1. The highest BCUT2D eigenvalue weighted by molar-refractivity contribution is 5.95. The molecule has 2 aromatic rings. The highest BCUT2D eigenvalue weighted by atomic mass is 16.4. The van der Waals surface area contributed by atoms with E-state index in [1.165, 1.54) is 0 Å². The minimum Gasteiger partial charge on any atom is -0.478 e. The molecule has 16 heavy (non-hydrogen) atoms. The molecule has 0 radical (unpaired) electrons. The van der Waals surface area contributed by atoms with Gasteiger partial charge in [-0.25, -0.2) is 4.79 Å². The summed E-state index contributed by atoms with van der Waals surface area (Å²) in [6, 6.07) is 7.05. The third-order valence-electron chi connectivity index (χ3n) is 2.40. The minimum absolute atomic E-state index is 0.282. The van der Waals surface area contributed by atoms with Crippen molar-refractivity contribution in [1.29, 1.82) is 0 Å². The number of hydrogen-bond acceptors (Lipinski definition) is 2. The van der Waals surface area contributed by atoms with Crippen molar-refractivity contribution < 1.29 is 9.90 Å². The van der Waals surface area contributed by atoms with Crippen molar-refractivity contribution >= 4 is 5.97 Å². The first kappa shape index (κ1) is 10.4. The predicted octanol–water partition coefficient (Wildman–Crippen LogP) is 2.09. The van der Waals surface area contributed by atoms with Crippen molar-refractivity contribution in [1.82, 2.24) is 9.78 Å². The van der Waals surface area contributed by atoms with Crippen LogP contribution < -0.4 is 0 Å². The SMILES string of the molecule is Cc1ccc(C(=O)O)c(-c2ccn(C)n2)c1. The van der Waals surface area contributed by atoms with Crippen LogP contribution in [0.25, 0.3) is 11.3 Å². The summed E-state index contributed by atoms with van der Waals surface area (Å²) in [5.41, 5.74) is 2.65. The Kier molecular flexibility index (Phi) is 2.48. The Hall–Kier alpha value is -2.10. The van der Waals surface area contributed by atoms with Crippen LogP contribution in [0.1, 0.15) is 15.9 Å². The lowest BCUT2D eigenvalue weighted by Crippen LogP contribution is -2.00.